The summed E-state index contributed by atoms with van der Waals surface area (Å²) >= 11 is 0. The van der Waals surface area contributed by atoms with E-state index in [0.29, 0.717) is 11.8 Å². The van der Waals surface area contributed by atoms with Gasteiger partial charge in [-0.2, -0.15) is 0 Å². The van der Waals surface area contributed by atoms with Crippen LogP contribution in [0.3, 0.4) is 0 Å². The second-order valence-electron chi connectivity index (χ2n) is 10.9. The summed E-state index contributed by atoms with van der Waals surface area (Å²) in [4.78, 5) is 12.7. The van der Waals surface area contributed by atoms with Crippen LogP contribution in [0.4, 0.5) is 0 Å². The third-order valence-electron chi connectivity index (χ3n) is 8.39. The van der Waals surface area contributed by atoms with Gasteiger partial charge in [0, 0.05) is 11.8 Å². The first-order valence-corrected chi connectivity index (χ1v) is 13.9. The lowest BCUT2D eigenvalue weighted by atomic mass is 9.79. The molecule has 0 heterocycles. The molecule has 0 atom stereocenters. The summed E-state index contributed by atoms with van der Waals surface area (Å²) in [5.41, 5.74) is 0. The molecule has 0 unspecified atom stereocenters. The molecule has 0 radical (unpaired) electrons. The molecule has 0 aromatic rings. The van der Waals surface area contributed by atoms with Crippen LogP contribution in [-0.4, -0.2) is 12.1 Å². The van der Waals surface area contributed by atoms with Crippen LogP contribution in [0.25, 0.3) is 0 Å². The molecular formula is C29H48O2. The van der Waals surface area contributed by atoms with Gasteiger partial charge in [-0.15, -0.1) is 0 Å². The minimum Gasteiger partial charge on any atom is -0.462 e. The van der Waals surface area contributed by atoms with Crippen molar-refractivity contribution in [1.29, 1.82) is 0 Å². The Kier molecular flexibility index (Phi) is 10.8. The maximum absolute atomic E-state index is 12.7. The Morgan fingerprint density at radius 1 is 0.677 bits per heavy atom. The summed E-state index contributed by atoms with van der Waals surface area (Å²) in [6.07, 6.45) is 22.6. The van der Waals surface area contributed by atoms with Crippen molar-refractivity contribution >= 4 is 5.97 Å². The summed E-state index contributed by atoms with van der Waals surface area (Å²) in [5.74, 6) is 10.4. The Hall–Kier alpha value is -0.970. The van der Waals surface area contributed by atoms with Crippen LogP contribution in [0.5, 0.6) is 0 Å². The Morgan fingerprint density at radius 2 is 1.23 bits per heavy atom. The molecule has 31 heavy (non-hydrogen) atoms. The van der Waals surface area contributed by atoms with Gasteiger partial charge in [-0.1, -0.05) is 64.2 Å². The SMILES string of the molecule is CCCCCC1CCC(C#CC2CCC(C(=O)OC3CCC(CCC)CC3)CC2)CC1. The molecule has 3 fully saturated rings. The molecule has 0 amide bonds. The van der Waals surface area contributed by atoms with E-state index in [1.165, 1.54) is 77.0 Å². The van der Waals surface area contributed by atoms with Crippen LogP contribution in [-0.2, 0) is 9.53 Å². The van der Waals surface area contributed by atoms with Crippen molar-refractivity contribution in [1.82, 2.24) is 0 Å². The summed E-state index contributed by atoms with van der Waals surface area (Å²) < 4.78 is 5.92. The maximum atomic E-state index is 12.7. The third-order valence-corrected chi connectivity index (χ3v) is 8.39. The highest BCUT2D eigenvalue weighted by Crippen LogP contribution is 2.34. The number of hydrogen-bond acceptors (Lipinski definition) is 2. The molecule has 0 aromatic carbocycles. The molecule has 176 valence electrons. The van der Waals surface area contributed by atoms with Crippen LogP contribution in [0, 0.1) is 41.4 Å². The van der Waals surface area contributed by atoms with Crippen molar-refractivity contribution in [2.45, 2.75) is 136 Å². The van der Waals surface area contributed by atoms with Gasteiger partial charge in [-0.05, 0) is 88.9 Å². The van der Waals surface area contributed by atoms with Crippen LogP contribution in [0.15, 0.2) is 0 Å². The predicted molar refractivity (Wildman–Crippen MR) is 130 cm³/mol. The van der Waals surface area contributed by atoms with Gasteiger partial charge in [0.05, 0.1) is 5.92 Å². The lowest BCUT2D eigenvalue weighted by molar-refractivity contribution is -0.157. The molecule has 2 heteroatoms. The molecule has 3 saturated carbocycles. The molecule has 0 bridgehead atoms. The van der Waals surface area contributed by atoms with Crippen LogP contribution >= 0.6 is 0 Å². The van der Waals surface area contributed by atoms with Gasteiger partial charge in [-0.25, -0.2) is 0 Å². The third kappa shape index (κ3) is 8.47. The zero-order chi connectivity index (χ0) is 21.9. The quantitative estimate of drug-likeness (QED) is 0.222. The van der Waals surface area contributed by atoms with Gasteiger partial charge in [0.2, 0.25) is 0 Å². The van der Waals surface area contributed by atoms with Gasteiger partial charge in [0.1, 0.15) is 6.10 Å². The van der Waals surface area contributed by atoms with Crippen molar-refractivity contribution in [2.75, 3.05) is 0 Å². The number of carbonyl (C=O) groups excluding carboxylic acids is 1. The summed E-state index contributed by atoms with van der Waals surface area (Å²) in [5, 5.41) is 0. The normalized spacial score (nSPS) is 33.9. The van der Waals surface area contributed by atoms with Crippen LogP contribution in [0.2, 0.25) is 0 Å². The fourth-order valence-corrected chi connectivity index (χ4v) is 6.19. The minimum absolute atomic E-state index is 0.0896. The molecule has 3 aliphatic rings. The summed E-state index contributed by atoms with van der Waals surface area (Å²) in [7, 11) is 0. The van der Waals surface area contributed by atoms with Gasteiger partial charge < -0.3 is 4.74 Å². The molecule has 0 saturated heterocycles. The lowest BCUT2D eigenvalue weighted by Gasteiger charge is -2.30. The van der Waals surface area contributed by atoms with Crippen molar-refractivity contribution in [2.24, 2.45) is 29.6 Å². The van der Waals surface area contributed by atoms with Crippen LogP contribution in [0.1, 0.15) is 129 Å². The van der Waals surface area contributed by atoms with E-state index >= 15 is 0 Å². The van der Waals surface area contributed by atoms with Gasteiger partial charge in [0.15, 0.2) is 0 Å². The Labute approximate surface area is 192 Å². The zero-order valence-corrected chi connectivity index (χ0v) is 20.5. The second-order valence-corrected chi connectivity index (χ2v) is 10.9. The summed E-state index contributed by atoms with van der Waals surface area (Å²) in [6.45, 7) is 4.56. The lowest BCUT2D eigenvalue weighted by Crippen LogP contribution is -2.30. The number of unbranched alkanes of at least 4 members (excludes halogenated alkanes) is 2. The zero-order valence-electron chi connectivity index (χ0n) is 20.5. The average molecular weight is 429 g/mol. The van der Waals surface area contributed by atoms with Crippen molar-refractivity contribution in [3.63, 3.8) is 0 Å². The average Bonchev–Trinajstić information content (AvgIpc) is 2.80. The highest BCUT2D eigenvalue weighted by molar-refractivity contribution is 5.72. The number of rotatable bonds is 8. The molecule has 0 aliphatic heterocycles. The Balaban J connectivity index is 1.30. The maximum Gasteiger partial charge on any atom is 0.309 e. The van der Waals surface area contributed by atoms with E-state index in [0.717, 1.165) is 50.4 Å². The fraction of sp³-hybridized carbons (Fsp3) is 0.897. The Bertz CT molecular complexity index is 561. The molecule has 0 spiro atoms. The first-order chi connectivity index (χ1) is 15.2. The second kappa shape index (κ2) is 13.5. The Morgan fingerprint density at radius 3 is 1.81 bits per heavy atom. The first kappa shape index (κ1) is 24.7. The van der Waals surface area contributed by atoms with Crippen molar-refractivity contribution in [3.05, 3.63) is 0 Å². The first-order valence-electron chi connectivity index (χ1n) is 13.9. The monoisotopic (exact) mass is 428 g/mol. The van der Waals surface area contributed by atoms with E-state index < -0.39 is 0 Å². The number of hydrogen-bond donors (Lipinski definition) is 0. The van der Waals surface area contributed by atoms with E-state index in [1.807, 2.05) is 0 Å². The number of carbonyl (C=O) groups is 1. The smallest absolute Gasteiger partial charge is 0.309 e. The predicted octanol–water partition coefficient (Wildman–Crippen LogP) is 8.09. The van der Waals surface area contributed by atoms with Gasteiger partial charge in [0.25, 0.3) is 0 Å². The van der Waals surface area contributed by atoms with E-state index in [4.69, 9.17) is 4.74 Å². The number of ether oxygens (including phenoxy) is 1. The van der Waals surface area contributed by atoms with Gasteiger partial charge >= 0.3 is 5.97 Å². The van der Waals surface area contributed by atoms with E-state index in [9.17, 15) is 4.79 Å². The minimum atomic E-state index is 0.0896. The topological polar surface area (TPSA) is 26.3 Å². The molecular weight excluding hydrogens is 380 g/mol. The van der Waals surface area contributed by atoms with Crippen LogP contribution < -0.4 is 0 Å². The molecule has 3 rings (SSSR count). The largest absolute Gasteiger partial charge is 0.462 e. The highest BCUT2D eigenvalue weighted by Gasteiger charge is 2.30. The highest BCUT2D eigenvalue weighted by atomic mass is 16.5. The number of esters is 1. The standard InChI is InChI=1S/C29H48O2/c1-3-5-6-8-24-9-11-25(12-10-24)13-14-26-15-19-27(20-16-26)29(30)31-28-21-17-23(7-4-2)18-22-28/h23-28H,3-12,15-22H2,1-2H3. The van der Waals surface area contributed by atoms with Crippen molar-refractivity contribution < 1.29 is 9.53 Å². The molecule has 0 aromatic heterocycles. The molecule has 2 nitrogen and oxygen atoms in total. The van der Waals surface area contributed by atoms with E-state index in [2.05, 4.69) is 25.7 Å². The molecule has 0 N–H and O–H groups in total. The van der Waals surface area contributed by atoms with Crippen molar-refractivity contribution in [3.8, 4) is 11.8 Å². The van der Waals surface area contributed by atoms with Gasteiger partial charge in [-0.3, -0.25) is 4.79 Å². The fourth-order valence-electron chi connectivity index (χ4n) is 6.19. The van der Waals surface area contributed by atoms with E-state index in [-0.39, 0.29) is 18.0 Å². The van der Waals surface area contributed by atoms with E-state index in [1.54, 1.807) is 0 Å². The summed E-state index contributed by atoms with van der Waals surface area (Å²) in [6, 6.07) is 0. The molecule has 3 aliphatic carbocycles.